The zero-order valence-corrected chi connectivity index (χ0v) is 11.7. The summed E-state index contributed by atoms with van der Waals surface area (Å²) in [4.78, 5) is 14.6. The molecule has 0 unspecified atom stereocenters. The molecule has 0 aliphatic carbocycles. The molecule has 1 aromatic heterocycles. The number of nitrogens with one attached hydrogen (secondary N) is 1. The third kappa shape index (κ3) is 1.97. The van der Waals surface area contributed by atoms with Gasteiger partial charge >= 0.3 is 0 Å². The van der Waals surface area contributed by atoms with Crippen molar-refractivity contribution in [1.82, 2.24) is 4.90 Å². The van der Waals surface area contributed by atoms with E-state index >= 15 is 0 Å². The summed E-state index contributed by atoms with van der Waals surface area (Å²) < 4.78 is 5.50. The molecule has 1 aliphatic rings. The number of fused-ring (bicyclic) bond motifs is 1. The molecule has 2 aromatic rings. The van der Waals surface area contributed by atoms with Gasteiger partial charge in [0.15, 0.2) is 6.17 Å². The largest absolute Gasteiger partial charge is 0.465 e. The lowest BCUT2D eigenvalue weighted by molar-refractivity contribution is 0.0568. The van der Waals surface area contributed by atoms with E-state index in [4.69, 9.17) is 4.42 Å². The molecule has 0 radical (unpaired) electrons. The Morgan fingerprint density at radius 3 is 2.80 bits per heavy atom. The van der Waals surface area contributed by atoms with Crippen LogP contribution in [0.25, 0.3) is 0 Å². The standard InChI is InChI=1S/C16H18N2O2/c1-3-11(2)18-15(14-9-6-10-20-14)17-13-8-5-4-7-12(13)16(18)19/h4-11,15,17H,3H2,1-2H3/t11-,15+/m1/s1. The third-order valence-electron chi connectivity index (χ3n) is 3.84. The number of carbonyl (C=O) groups excluding carboxylic acids is 1. The van der Waals surface area contributed by atoms with Crippen LogP contribution in [0.2, 0.25) is 0 Å². The van der Waals surface area contributed by atoms with Crippen LogP contribution in [0, 0.1) is 0 Å². The Bertz CT molecular complexity index is 607. The maximum Gasteiger partial charge on any atom is 0.258 e. The minimum absolute atomic E-state index is 0.0510. The number of benzene rings is 1. The Kier molecular flexibility index (Phi) is 3.22. The van der Waals surface area contributed by atoms with Crippen molar-refractivity contribution in [3.8, 4) is 0 Å². The average molecular weight is 270 g/mol. The van der Waals surface area contributed by atoms with Crippen LogP contribution in [0.5, 0.6) is 0 Å². The Balaban J connectivity index is 2.07. The number of anilines is 1. The maximum absolute atomic E-state index is 12.8. The van der Waals surface area contributed by atoms with Crippen LogP contribution in [-0.2, 0) is 0 Å². The number of hydrogen-bond donors (Lipinski definition) is 1. The summed E-state index contributed by atoms with van der Waals surface area (Å²) in [6.45, 7) is 4.14. The summed E-state index contributed by atoms with van der Waals surface area (Å²) in [6.07, 6.45) is 2.28. The van der Waals surface area contributed by atoms with Crippen LogP contribution in [0.1, 0.15) is 42.6 Å². The van der Waals surface area contributed by atoms with Crippen molar-refractivity contribution in [3.63, 3.8) is 0 Å². The number of carbonyl (C=O) groups is 1. The SMILES string of the molecule is CC[C@@H](C)N1C(=O)c2ccccc2N[C@@H]1c1ccco1. The monoisotopic (exact) mass is 270 g/mol. The van der Waals surface area contributed by atoms with Gasteiger partial charge in [0.1, 0.15) is 5.76 Å². The predicted molar refractivity (Wildman–Crippen MR) is 77.4 cm³/mol. The van der Waals surface area contributed by atoms with E-state index in [1.165, 1.54) is 0 Å². The van der Waals surface area contributed by atoms with Crippen molar-refractivity contribution >= 4 is 11.6 Å². The minimum Gasteiger partial charge on any atom is -0.465 e. The first kappa shape index (κ1) is 12.8. The van der Waals surface area contributed by atoms with E-state index in [-0.39, 0.29) is 18.1 Å². The number of furan rings is 1. The first-order valence-corrected chi connectivity index (χ1v) is 6.94. The van der Waals surface area contributed by atoms with E-state index in [1.54, 1.807) is 6.26 Å². The number of para-hydroxylation sites is 1. The van der Waals surface area contributed by atoms with Gasteiger partial charge in [-0.15, -0.1) is 0 Å². The lowest BCUT2D eigenvalue weighted by atomic mass is 10.0. The summed E-state index contributed by atoms with van der Waals surface area (Å²) in [5.41, 5.74) is 1.58. The van der Waals surface area contributed by atoms with Crippen LogP contribution in [-0.4, -0.2) is 16.8 Å². The van der Waals surface area contributed by atoms with Crippen LogP contribution in [0.3, 0.4) is 0 Å². The zero-order valence-electron chi connectivity index (χ0n) is 11.7. The minimum atomic E-state index is -0.248. The van der Waals surface area contributed by atoms with Crippen molar-refractivity contribution in [1.29, 1.82) is 0 Å². The highest BCUT2D eigenvalue weighted by molar-refractivity contribution is 6.01. The molecule has 0 spiro atoms. The molecule has 4 heteroatoms. The Labute approximate surface area is 118 Å². The molecule has 1 amide bonds. The van der Waals surface area contributed by atoms with Gasteiger partial charge in [-0.1, -0.05) is 19.1 Å². The van der Waals surface area contributed by atoms with Gasteiger partial charge in [0, 0.05) is 11.7 Å². The molecule has 1 aliphatic heterocycles. The molecular formula is C16H18N2O2. The second kappa shape index (κ2) is 5.04. The van der Waals surface area contributed by atoms with Crippen molar-refractivity contribution in [2.45, 2.75) is 32.5 Å². The number of rotatable bonds is 3. The molecule has 1 aromatic carbocycles. The second-order valence-corrected chi connectivity index (χ2v) is 5.08. The van der Waals surface area contributed by atoms with Gasteiger partial charge in [-0.25, -0.2) is 0 Å². The summed E-state index contributed by atoms with van der Waals surface area (Å²) in [5.74, 6) is 0.809. The first-order valence-electron chi connectivity index (χ1n) is 6.94. The van der Waals surface area contributed by atoms with Crippen molar-refractivity contribution in [2.75, 3.05) is 5.32 Å². The summed E-state index contributed by atoms with van der Waals surface area (Å²) in [6, 6.07) is 11.5. The molecule has 2 heterocycles. The van der Waals surface area contributed by atoms with E-state index in [9.17, 15) is 4.79 Å². The molecular weight excluding hydrogens is 252 g/mol. The molecule has 2 atom stereocenters. The van der Waals surface area contributed by atoms with Crippen LogP contribution in [0.4, 0.5) is 5.69 Å². The molecule has 104 valence electrons. The van der Waals surface area contributed by atoms with E-state index in [2.05, 4.69) is 19.2 Å². The normalized spacial score (nSPS) is 19.4. The zero-order chi connectivity index (χ0) is 14.1. The van der Waals surface area contributed by atoms with E-state index in [0.717, 1.165) is 23.4 Å². The van der Waals surface area contributed by atoms with Crippen LogP contribution < -0.4 is 5.32 Å². The fourth-order valence-electron chi connectivity index (χ4n) is 2.58. The highest BCUT2D eigenvalue weighted by Gasteiger charge is 2.36. The Morgan fingerprint density at radius 2 is 2.10 bits per heavy atom. The smallest absolute Gasteiger partial charge is 0.258 e. The van der Waals surface area contributed by atoms with Crippen LogP contribution in [0.15, 0.2) is 47.1 Å². The van der Waals surface area contributed by atoms with Gasteiger partial charge in [0.2, 0.25) is 0 Å². The van der Waals surface area contributed by atoms with Gasteiger partial charge in [-0.2, -0.15) is 0 Å². The molecule has 0 bridgehead atoms. The molecule has 3 rings (SSSR count). The molecule has 0 saturated heterocycles. The quantitative estimate of drug-likeness (QED) is 0.926. The summed E-state index contributed by atoms with van der Waals surface area (Å²) in [5, 5.41) is 3.41. The van der Waals surface area contributed by atoms with E-state index in [0.29, 0.717) is 0 Å². The van der Waals surface area contributed by atoms with Gasteiger partial charge in [-0.05, 0) is 37.6 Å². The van der Waals surface area contributed by atoms with Crippen molar-refractivity contribution in [2.24, 2.45) is 0 Å². The maximum atomic E-state index is 12.8. The third-order valence-corrected chi connectivity index (χ3v) is 3.84. The fourth-order valence-corrected chi connectivity index (χ4v) is 2.58. The van der Waals surface area contributed by atoms with Crippen molar-refractivity contribution < 1.29 is 9.21 Å². The number of amides is 1. The molecule has 0 saturated carbocycles. The molecule has 4 nitrogen and oxygen atoms in total. The summed E-state index contributed by atoms with van der Waals surface area (Å²) >= 11 is 0. The van der Waals surface area contributed by atoms with Gasteiger partial charge in [0.25, 0.3) is 5.91 Å². The van der Waals surface area contributed by atoms with E-state index in [1.807, 2.05) is 41.3 Å². The highest BCUT2D eigenvalue weighted by Crippen LogP contribution is 2.34. The van der Waals surface area contributed by atoms with Gasteiger partial charge < -0.3 is 14.6 Å². The summed E-state index contributed by atoms with van der Waals surface area (Å²) in [7, 11) is 0. The molecule has 0 fully saturated rings. The van der Waals surface area contributed by atoms with Crippen LogP contribution >= 0.6 is 0 Å². The topological polar surface area (TPSA) is 45.5 Å². The van der Waals surface area contributed by atoms with Crippen molar-refractivity contribution in [3.05, 3.63) is 54.0 Å². The first-order chi connectivity index (χ1) is 9.72. The van der Waals surface area contributed by atoms with E-state index < -0.39 is 0 Å². The number of hydrogen-bond acceptors (Lipinski definition) is 3. The molecule has 1 N–H and O–H groups in total. The van der Waals surface area contributed by atoms with Gasteiger partial charge in [0.05, 0.1) is 11.8 Å². The average Bonchev–Trinajstić information content (AvgIpc) is 3.00. The highest BCUT2D eigenvalue weighted by atomic mass is 16.3. The lowest BCUT2D eigenvalue weighted by Gasteiger charge is -2.40. The lowest BCUT2D eigenvalue weighted by Crippen LogP contribution is -2.47. The Morgan fingerprint density at radius 1 is 1.30 bits per heavy atom. The molecule has 20 heavy (non-hydrogen) atoms. The second-order valence-electron chi connectivity index (χ2n) is 5.08. The van der Waals surface area contributed by atoms with Gasteiger partial charge in [-0.3, -0.25) is 4.79 Å². The predicted octanol–water partition coefficient (Wildman–Crippen LogP) is 3.64. The Hall–Kier alpha value is -2.23. The fraction of sp³-hybridized carbons (Fsp3) is 0.312. The number of nitrogens with zero attached hydrogens (tertiary/aromatic N) is 1.